The lowest BCUT2D eigenvalue weighted by Crippen LogP contribution is -3.00. The van der Waals surface area contributed by atoms with Gasteiger partial charge in [-0.2, -0.15) is 22.7 Å². The molecule has 0 spiro atoms. The number of thiophene rings is 2. The van der Waals surface area contributed by atoms with Crippen molar-refractivity contribution in [1.29, 1.82) is 0 Å². The fraction of sp³-hybridized carbons (Fsp3) is 0.333. The fourth-order valence-corrected chi connectivity index (χ4v) is 3.54. The third-order valence-electron chi connectivity index (χ3n) is 3.43. The Bertz CT molecular complexity index is 488. The highest BCUT2D eigenvalue weighted by Gasteiger charge is 2.25. The minimum absolute atomic E-state index is 0. The first-order valence-electron chi connectivity index (χ1n) is 6.43. The molecule has 0 aliphatic heterocycles. The van der Waals surface area contributed by atoms with Crippen molar-refractivity contribution in [3.8, 4) is 0 Å². The Labute approximate surface area is 128 Å². The molecule has 1 aliphatic rings. The molecule has 0 aromatic carbocycles. The van der Waals surface area contributed by atoms with Crippen LogP contribution in [0.1, 0.15) is 30.9 Å². The second-order valence-electron chi connectivity index (χ2n) is 4.96. The highest BCUT2D eigenvalue weighted by Crippen LogP contribution is 2.29. The van der Waals surface area contributed by atoms with E-state index in [0.29, 0.717) is 0 Å². The zero-order valence-corrected chi connectivity index (χ0v) is 13.3. The molecule has 0 atom stereocenters. The van der Waals surface area contributed by atoms with Crippen molar-refractivity contribution < 1.29 is 17.7 Å². The summed E-state index contributed by atoms with van der Waals surface area (Å²) in [4.78, 5) is 0. The van der Waals surface area contributed by atoms with Crippen LogP contribution in [0.4, 0.5) is 0 Å². The van der Waals surface area contributed by atoms with Gasteiger partial charge in [-0.25, -0.2) is 0 Å². The summed E-state index contributed by atoms with van der Waals surface area (Å²) in [6.07, 6.45) is 2.80. The van der Waals surface area contributed by atoms with Crippen molar-refractivity contribution in [3.63, 3.8) is 0 Å². The van der Waals surface area contributed by atoms with Crippen LogP contribution >= 0.6 is 22.7 Å². The molecule has 0 unspecified atom stereocenters. The van der Waals surface area contributed by atoms with Gasteiger partial charge in [0.25, 0.3) is 0 Å². The van der Waals surface area contributed by atoms with Gasteiger partial charge in [-0.05, 0) is 62.8 Å². The SMILES string of the molecule is CC(C[NH2+]C1CC1)=C(c1ccsc1)c1ccsc1.[Cl-]. The highest BCUT2D eigenvalue weighted by molar-refractivity contribution is 7.08. The van der Waals surface area contributed by atoms with E-state index >= 15 is 0 Å². The zero-order chi connectivity index (χ0) is 12.4. The van der Waals surface area contributed by atoms with Gasteiger partial charge in [0.1, 0.15) is 0 Å². The van der Waals surface area contributed by atoms with Crippen LogP contribution in [0.25, 0.3) is 5.57 Å². The molecule has 0 saturated heterocycles. The molecule has 2 aromatic rings. The topological polar surface area (TPSA) is 16.6 Å². The summed E-state index contributed by atoms with van der Waals surface area (Å²) >= 11 is 3.56. The lowest BCUT2D eigenvalue weighted by Gasteiger charge is -2.09. The molecule has 0 radical (unpaired) electrons. The second kappa shape index (κ2) is 6.71. The lowest BCUT2D eigenvalue weighted by atomic mass is 9.98. The van der Waals surface area contributed by atoms with E-state index in [2.05, 4.69) is 45.9 Å². The molecular formula is C15H18ClNS2. The summed E-state index contributed by atoms with van der Waals surface area (Å²) in [6, 6.07) is 5.36. The monoisotopic (exact) mass is 311 g/mol. The molecule has 1 nitrogen and oxygen atoms in total. The Morgan fingerprint density at radius 2 is 1.74 bits per heavy atom. The number of nitrogens with two attached hydrogens (primary N) is 1. The molecule has 0 bridgehead atoms. The maximum atomic E-state index is 2.49. The number of hydrogen-bond acceptors (Lipinski definition) is 2. The van der Waals surface area contributed by atoms with Gasteiger partial charge >= 0.3 is 0 Å². The van der Waals surface area contributed by atoms with E-state index < -0.39 is 0 Å². The fourth-order valence-electron chi connectivity index (χ4n) is 2.25. The molecule has 19 heavy (non-hydrogen) atoms. The van der Waals surface area contributed by atoms with Crippen LogP contribution in [0, 0.1) is 0 Å². The van der Waals surface area contributed by atoms with Gasteiger partial charge in [-0.1, -0.05) is 0 Å². The molecular weight excluding hydrogens is 294 g/mol. The first-order chi connectivity index (χ1) is 8.84. The Kier molecular flexibility index (Phi) is 5.22. The highest BCUT2D eigenvalue weighted by atomic mass is 35.5. The molecule has 2 N–H and O–H groups in total. The Morgan fingerprint density at radius 1 is 1.16 bits per heavy atom. The Morgan fingerprint density at radius 3 is 2.16 bits per heavy atom. The quantitative estimate of drug-likeness (QED) is 0.821. The van der Waals surface area contributed by atoms with Gasteiger partial charge in [0, 0.05) is 12.8 Å². The van der Waals surface area contributed by atoms with Gasteiger partial charge in [0.15, 0.2) is 0 Å². The summed E-state index contributed by atoms with van der Waals surface area (Å²) in [5.41, 5.74) is 5.69. The molecule has 4 heteroatoms. The summed E-state index contributed by atoms with van der Waals surface area (Å²) in [5, 5.41) is 11.3. The van der Waals surface area contributed by atoms with E-state index in [4.69, 9.17) is 0 Å². The van der Waals surface area contributed by atoms with Crippen molar-refractivity contribution in [1.82, 2.24) is 0 Å². The van der Waals surface area contributed by atoms with Crippen LogP contribution in [-0.2, 0) is 0 Å². The van der Waals surface area contributed by atoms with Gasteiger partial charge in [-0.15, -0.1) is 0 Å². The molecule has 102 valence electrons. The second-order valence-corrected chi connectivity index (χ2v) is 6.52. The van der Waals surface area contributed by atoms with Crippen LogP contribution in [0.15, 0.2) is 39.2 Å². The summed E-state index contributed by atoms with van der Waals surface area (Å²) in [6.45, 7) is 3.41. The Hall–Kier alpha value is -0.610. The van der Waals surface area contributed by atoms with E-state index in [1.165, 1.54) is 35.1 Å². The average Bonchev–Trinajstić information content (AvgIpc) is 2.84. The lowest BCUT2D eigenvalue weighted by molar-refractivity contribution is -0.661. The van der Waals surface area contributed by atoms with E-state index in [1.54, 1.807) is 22.7 Å². The largest absolute Gasteiger partial charge is 1.00 e. The standard InChI is InChI=1S/C15H17NS2.ClH/c1-11(8-16-14-2-3-14)15(12-4-6-17-9-12)13-5-7-18-10-13;/h4-7,9-10,14,16H,2-3,8H2,1H3;1H. The molecule has 2 heterocycles. The molecule has 2 aromatic heterocycles. The van der Waals surface area contributed by atoms with E-state index in [1.807, 2.05) is 0 Å². The van der Waals surface area contributed by atoms with E-state index in [0.717, 1.165) is 12.6 Å². The van der Waals surface area contributed by atoms with Crippen LogP contribution in [0.3, 0.4) is 0 Å². The molecule has 3 rings (SSSR count). The molecule has 0 amide bonds. The van der Waals surface area contributed by atoms with Crippen molar-refractivity contribution >= 4 is 28.2 Å². The maximum Gasteiger partial charge on any atom is 0.0980 e. The van der Waals surface area contributed by atoms with Crippen LogP contribution in [-0.4, -0.2) is 12.6 Å². The van der Waals surface area contributed by atoms with Gasteiger partial charge in [-0.3, -0.25) is 0 Å². The van der Waals surface area contributed by atoms with E-state index in [9.17, 15) is 0 Å². The van der Waals surface area contributed by atoms with Crippen LogP contribution < -0.4 is 17.7 Å². The molecule has 1 fully saturated rings. The molecule has 1 aliphatic carbocycles. The summed E-state index contributed by atoms with van der Waals surface area (Å²) < 4.78 is 0. The average molecular weight is 312 g/mol. The summed E-state index contributed by atoms with van der Waals surface area (Å²) in [7, 11) is 0. The van der Waals surface area contributed by atoms with Crippen LogP contribution in [0.5, 0.6) is 0 Å². The van der Waals surface area contributed by atoms with Crippen molar-refractivity contribution in [2.24, 2.45) is 0 Å². The van der Waals surface area contributed by atoms with Gasteiger partial charge < -0.3 is 17.7 Å². The minimum Gasteiger partial charge on any atom is -1.00 e. The first-order valence-corrected chi connectivity index (χ1v) is 8.31. The number of rotatable bonds is 5. The smallest absolute Gasteiger partial charge is 0.0980 e. The zero-order valence-electron chi connectivity index (χ0n) is 10.9. The van der Waals surface area contributed by atoms with Gasteiger partial charge in [0.2, 0.25) is 0 Å². The van der Waals surface area contributed by atoms with Crippen molar-refractivity contribution in [2.45, 2.75) is 25.8 Å². The number of hydrogen-bond donors (Lipinski definition) is 1. The summed E-state index contributed by atoms with van der Waals surface area (Å²) in [5.74, 6) is 0. The predicted octanol–water partition coefficient (Wildman–Crippen LogP) is 0.361. The van der Waals surface area contributed by atoms with Crippen molar-refractivity contribution in [3.05, 3.63) is 50.4 Å². The maximum absolute atomic E-state index is 2.49. The number of halogens is 1. The molecule has 1 saturated carbocycles. The minimum atomic E-state index is 0. The van der Waals surface area contributed by atoms with Gasteiger partial charge in [0.05, 0.1) is 12.6 Å². The van der Waals surface area contributed by atoms with Crippen LogP contribution in [0.2, 0.25) is 0 Å². The Balaban J connectivity index is 0.00000133. The first kappa shape index (κ1) is 14.8. The predicted molar refractivity (Wildman–Crippen MR) is 80.1 cm³/mol. The van der Waals surface area contributed by atoms with E-state index in [-0.39, 0.29) is 12.4 Å². The van der Waals surface area contributed by atoms with Crippen molar-refractivity contribution in [2.75, 3.05) is 6.54 Å². The normalized spacial score (nSPS) is 13.9. The number of quaternary nitrogens is 1. The third kappa shape index (κ3) is 3.69. The third-order valence-corrected chi connectivity index (χ3v) is 4.79.